The number of amides is 1. The second kappa shape index (κ2) is 8.10. The van der Waals surface area contributed by atoms with Gasteiger partial charge in [0.1, 0.15) is 0 Å². The molecular formula is C18H19Br2NO3S. The molecule has 0 saturated carbocycles. The Morgan fingerprint density at radius 1 is 1.16 bits per heavy atom. The normalized spacial score (nSPS) is 14.9. The predicted octanol–water partition coefficient (Wildman–Crippen LogP) is 5.56. The highest BCUT2D eigenvalue weighted by atomic mass is 79.9. The molecule has 1 aliphatic rings. The molecule has 1 unspecified atom stereocenters. The fourth-order valence-corrected chi connectivity index (χ4v) is 4.62. The van der Waals surface area contributed by atoms with E-state index in [4.69, 9.17) is 9.47 Å². The van der Waals surface area contributed by atoms with E-state index in [1.807, 2.05) is 24.3 Å². The summed E-state index contributed by atoms with van der Waals surface area (Å²) in [5.74, 6) is 1.67. The van der Waals surface area contributed by atoms with Crippen LogP contribution >= 0.6 is 43.2 Å². The third-order valence-corrected chi connectivity index (χ3v) is 7.21. The quantitative estimate of drug-likeness (QED) is 0.612. The Bertz CT molecular complexity index is 756. The zero-order valence-corrected chi connectivity index (χ0v) is 18.0. The van der Waals surface area contributed by atoms with Gasteiger partial charge in [0.25, 0.3) is 5.91 Å². The lowest BCUT2D eigenvalue weighted by molar-refractivity contribution is 0.0929. The molecule has 0 radical (unpaired) electrons. The van der Waals surface area contributed by atoms with Crippen molar-refractivity contribution in [3.05, 3.63) is 43.0 Å². The molecule has 1 amide bonds. The second-order valence-corrected chi connectivity index (χ2v) is 9.41. The van der Waals surface area contributed by atoms with E-state index >= 15 is 0 Å². The van der Waals surface area contributed by atoms with Crippen LogP contribution in [0.1, 0.15) is 41.5 Å². The van der Waals surface area contributed by atoms with Gasteiger partial charge in [0.15, 0.2) is 11.5 Å². The number of hydrogen-bond acceptors (Lipinski definition) is 4. The van der Waals surface area contributed by atoms with E-state index in [2.05, 4.69) is 51.0 Å². The Morgan fingerprint density at radius 2 is 1.88 bits per heavy atom. The fraction of sp³-hybridized carbons (Fsp3) is 0.389. The van der Waals surface area contributed by atoms with Crippen molar-refractivity contribution in [3.63, 3.8) is 0 Å². The maximum absolute atomic E-state index is 12.6. The molecule has 1 aromatic heterocycles. The van der Waals surface area contributed by atoms with E-state index in [1.165, 1.54) is 11.3 Å². The number of benzene rings is 1. The zero-order chi connectivity index (χ0) is 18.0. The SMILES string of the molecule is CC(C)C(NC(=O)c1cc(Br)c(Br)s1)c1ccc2c(c1)OCCCO2. The molecule has 0 bridgehead atoms. The van der Waals surface area contributed by atoms with Crippen molar-refractivity contribution in [2.75, 3.05) is 13.2 Å². The van der Waals surface area contributed by atoms with Crippen LogP contribution in [-0.2, 0) is 0 Å². The van der Waals surface area contributed by atoms with Crippen molar-refractivity contribution in [1.82, 2.24) is 5.32 Å². The first-order chi connectivity index (χ1) is 12.0. The van der Waals surface area contributed by atoms with Crippen LogP contribution in [0, 0.1) is 5.92 Å². The molecule has 2 heterocycles. The number of nitrogens with one attached hydrogen (secondary N) is 1. The molecular weight excluding hydrogens is 470 g/mol. The fourth-order valence-electron chi connectivity index (χ4n) is 2.68. The van der Waals surface area contributed by atoms with E-state index in [-0.39, 0.29) is 17.9 Å². The number of carbonyl (C=O) groups is 1. The number of fused-ring (bicyclic) bond motifs is 1. The summed E-state index contributed by atoms with van der Waals surface area (Å²) in [6.45, 7) is 5.49. The summed E-state index contributed by atoms with van der Waals surface area (Å²) in [5.41, 5.74) is 1.02. The first-order valence-corrected chi connectivity index (χ1v) is 10.5. The minimum Gasteiger partial charge on any atom is -0.490 e. The lowest BCUT2D eigenvalue weighted by Crippen LogP contribution is -2.31. The lowest BCUT2D eigenvalue weighted by atomic mass is 9.95. The Balaban J connectivity index is 1.83. The van der Waals surface area contributed by atoms with E-state index < -0.39 is 0 Å². The topological polar surface area (TPSA) is 47.6 Å². The number of halogens is 2. The molecule has 0 fully saturated rings. The molecule has 0 saturated heterocycles. The van der Waals surface area contributed by atoms with Gasteiger partial charge in [0.2, 0.25) is 0 Å². The van der Waals surface area contributed by atoms with Crippen molar-refractivity contribution < 1.29 is 14.3 Å². The summed E-state index contributed by atoms with van der Waals surface area (Å²) < 4.78 is 13.3. The van der Waals surface area contributed by atoms with Crippen molar-refractivity contribution in [2.45, 2.75) is 26.3 Å². The van der Waals surface area contributed by atoms with Crippen LogP contribution in [0.3, 0.4) is 0 Å². The van der Waals surface area contributed by atoms with E-state index in [9.17, 15) is 4.79 Å². The maximum Gasteiger partial charge on any atom is 0.261 e. The Hall–Kier alpha value is -1.05. The highest BCUT2D eigenvalue weighted by molar-refractivity contribution is 9.13. The van der Waals surface area contributed by atoms with Gasteiger partial charge in [-0.2, -0.15) is 0 Å². The van der Waals surface area contributed by atoms with Crippen molar-refractivity contribution in [3.8, 4) is 11.5 Å². The van der Waals surface area contributed by atoms with Gasteiger partial charge in [0, 0.05) is 10.9 Å². The molecule has 7 heteroatoms. The van der Waals surface area contributed by atoms with Crippen LogP contribution in [-0.4, -0.2) is 19.1 Å². The molecule has 1 N–H and O–H groups in total. The summed E-state index contributed by atoms with van der Waals surface area (Å²) in [6.07, 6.45) is 0.872. The standard InChI is InChI=1S/C18H19Br2NO3S/c1-10(2)16(21-18(22)15-9-12(19)17(20)25-15)11-4-5-13-14(8-11)24-7-3-6-23-13/h4-5,8-10,16H,3,6-7H2,1-2H3,(H,21,22). The monoisotopic (exact) mass is 487 g/mol. The van der Waals surface area contributed by atoms with Crippen LogP contribution in [0.15, 0.2) is 32.5 Å². The van der Waals surface area contributed by atoms with Gasteiger partial charge in [0.05, 0.1) is 27.9 Å². The molecule has 4 nitrogen and oxygen atoms in total. The van der Waals surface area contributed by atoms with Gasteiger partial charge in [-0.1, -0.05) is 19.9 Å². The van der Waals surface area contributed by atoms with E-state index in [0.717, 1.165) is 31.7 Å². The summed E-state index contributed by atoms with van der Waals surface area (Å²) in [5, 5.41) is 3.15. The average molecular weight is 489 g/mol. The molecule has 0 aliphatic carbocycles. The summed E-state index contributed by atoms with van der Waals surface area (Å²) in [7, 11) is 0. The number of rotatable bonds is 4. The zero-order valence-electron chi connectivity index (χ0n) is 14.0. The molecule has 25 heavy (non-hydrogen) atoms. The molecule has 3 rings (SSSR count). The van der Waals surface area contributed by atoms with Gasteiger partial charge in [-0.25, -0.2) is 0 Å². The first-order valence-electron chi connectivity index (χ1n) is 8.11. The summed E-state index contributed by atoms with van der Waals surface area (Å²) in [4.78, 5) is 13.3. The van der Waals surface area contributed by atoms with Gasteiger partial charge in [-0.3, -0.25) is 4.79 Å². The van der Waals surface area contributed by atoms with Crippen LogP contribution in [0.4, 0.5) is 0 Å². The Kier molecular flexibility index (Phi) is 6.07. The minimum atomic E-state index is -0.107. The largest absolute Gasteiger partial charge is 0.490 e. The van der Waals surface area contributed by atoms with Gasteiger partial charge in [-0.05, 0) is 61.5 Å². The highest BCUT2D eigenvalue weighted by Gasteiger charge is 2.23. The lowest BCUT2D eigenvalue weighted by Gasteiger charge is -2.23. The second-order valence-electron chi connectivity index (χ2n) is 6.18. The van der Waals surface area contributed by atoms with Crippen molar-refractivity contribution in [1.29, 1.82) is 0 Å². The average Bonchev–Trinajstić information content (AvgIpc) is 2.79. The van der Waals surface area contributed by atoms with Crippen molar-refractivity contribution >= 4 is 49.1 Å². The summed E-state index contributed by atoms with van der Waals surface area (Å²) in [6, 6.07) is 7.62. The smallest absolute Gasteiger partial charge is 0.261 e. The van der Waals surface area contributed by atoms with Gasteiger partial charge >= 0.3 is 0 Å². The number of thiophene rings is 1. The number of ether oxygens (including phenoxy) is 2. The molecule has 2 aromatic rings. The molecule has 1 aromatic carbocycles. The van der Waals surface area contributed by atoms with Crippen LogP contribution in [0.25, 0.3) is 0 Å². The predicted molar refractivity (Wildman–Crippen MR) is 107 cm³/mol. The Labute approximate surface area is 168 Å². The van der Waals surface area contributed by atoms with Crippen LogP contribution in [0.2, 0.25) is 0 Å². The summed E-state index contributed by atoms with van der Waals surface area (Å²) >= 11 is 8.27. The molecule has 0 spiro atoms. The minimum absolute atomic E-state index is 0.0813. The molecule has 134 valence electrons. The Morgan fingerprint density at radius 3 is 2.52 bits per heavy atom. The third kappa shape index (κ3) is 4.38. The highest BCUT2D eigenvalue weighted by Crippen LogP contribution is 2.35. The van der Waals surface area contributed by atoms with Crippen molar-refractivity contribution in [2.24, 2.45) is 5.92 Å². The van der Waals surface area contributed by atoms with E-state index in [0.29, 0.717) is 18.1 Å². The number of hydrogen-bond donors (Lipinski definition) is 1. The molecule has 1 atom stereocenters. The van der Waals surface area contributed by atoms with Gasteiger partial charge in [-0.15, -0.1) is 11.3 Å². The van der Waals surface area contributed by atoms with Gasteiger partial charge < -0.3 is 14.8 Å². The van der Waals surface area contributed by atoms with E-state index in [1.54, 1.807) is 0 Å². The number of carbonyl (C=O) groups excluding carboxylic acids is 1. The first kappa shape index (κ1) is 18.7. The van der Waals surface area contributed by atoms with Crippen LogP contribution in [0.5, 0.6) is 11.5 Å². The molecule has 1 aliphatic heterocycles. The van der Waals surface area contributed by atoms with Crippen LogP contribution < -0.4 is 14.8 Å². The maximum atomic E-state index is 12.6. The third-order valence-electron chi connectivity index (χ3n) is 3.95.